The maximum atomic E-state index is 12.2. The highest BCUT2D eigenvalue weighted by molar-refractivity contribution is 7.99. The van der Waals surface area contributed by atoms with E-state index >= 15 is 0 Å². The standard InChI is InChI=1S/C20H18ClN5O2S/c1-12-9-13(2)26-19(23-12)24-25-20(26)29-11-18(27)22-10-16-7-8-17(28-16)14-3-5-15(21)6-4-14/h3-9H,10-11H2,1-2H3,(H,22,27). The van der Waals surface area contributed by atoms with Gasteiger partial charge in [0.15, 0.2) is 5.16 Å². The van der Waals surface area contributed by atoms with Crippen LogP contribution in [0, 0.1) is 13.8 Å². The van der Waals surface area contributed by atoms with Gasteiger partial charge >= 0.3 is 0 Å². The van der Waals surface area contributed by atoms with Gasteiger partial charge in [-0.1, -0.05) is 23.4 Å². The van der Waals surface area contributed by atoms with Crippen LogP contribution in [-0.4, -0.2) is 31.2 Å². The van der Waals surface area contributed by atoms with Gasteiger partial charge in [-0.25, -0.2) is 4.98 Å². The molecule has 148 valence electrons. The molecule has 0 saturated heterocycles. The number of carbonyl (C=O) groups excluding carboxylic acids is 1. The van der Waals surface area contributed by atoms with Crippen molar-refractivity contribution in [3.05, 3.63) is 64.6 Å². The van der Waals surface area contributed by atoms with Crippen LogP contribution in [-0.2, 0) is 11.3 Å². The lowest BCUT2D eigenvalue weighted by Gasteiger charge is -2.05. The van der Waals surface area contributed by atoms with Gasteiger partial charge in [-0.15, -0.1) is 10.2 Å². The number of carbonyl (C=O) groups is 1. The summed E-state index contributed by atoms with van der Waals surface area (Å²) in [5, 5.41) is 12.4. The van der Waals surface area contributed by atoms with Gasteiger partial charge in [0.05, 0.1) is 12.3 Å². The first kappa shape index (κ1) is 19.5. The van der Waals surface area contributed by atoms with Crippen LogP contribution >= 0.6 is 23.4 Å². The minimum Gasteiger partial charge on any atom is -0.459 e. The van der Waals surface area contributed by atoms with Crippen LogP contribution in [0.2, 0.25) is 5.02 Å². The molecule has 1 amide bonds. The molecule has 3 aromatic heterocycles. The van der Waals surface area contributed by atoms with E-state index in [0.717, 1.165) is 22.7 Å². The lowest BCUT2D eigenvalue weighted by atomic mass is 10.2. The second-order valence-corrected chi connectivity index (χ2v) is 7.87. The second kappa shape index (κ2) is 8.26. The van der Waals surface area contributed by atoms with Crippen LogP contribution in [0.3, 0.4) is 0 Å². The number of benzene rings is 1. The van der Waals surface area contributed by atoms with E-state index in [9.17, 15) is 4.79 Å². The summed E-state index contributed by atoms with van der Waals surface area (Å²) < 4.78 is 7.64. The number of hydrogen-bond acceptors (Lipinski definition) is 6. The molecule has 0 radical (unpaired) electrons. The van der Waals surface area contributed by atoms with Crippen LogP contribution in [0.1, 0.15) is 17.1 Å². The number of hydrogen-bond donors (Lipinski definition) is 1. The highest BCUT2D eigenvalue weighted by Gasteiger charge is 2.13. The Morgan fingerprint density at radius 3 is 2.76 bits per heavy atom. The number of aromatic nitrogens is 4. The third-order valence-corrected chi connectivity index (χ3v) is 5.43. The van der Waals surface area contributed by atoms with Crippen molar-refractivity contribution in [2.45, 2.75) is 25.5 Å². The molecule has 0 saturated carbocycles. The molecule has 0 bridgehead atoms. The average molecular weight is 428 g/mol. The van der Waals surface area contributed by atoms with Crippen molar-refractivity contribution in [2.75, 3.05) is 5.75 Å². The zero-order valence-corrected chi connectivity index (χ0v) is 17.4. The number of halogens is 1. The van der Waals surface area contributed by atoms with Crippen molar-refractivity contribution in [1.29, 1.82) is 0 Å². The Hall–Kier alpha value is -2.84. The van der Waals surface area contributed by atoms with Crippen molar-refractivity contribution in [1.82, 2.24) is 24.9 Å². The summed E-state index contributed by atoms with van der Waals surface area (Å²) in [6.45, 7) is 4.19. The molecule has 0 unspecified atom stereocenters. The SMILES string of the molecule is Cc1cc(C)n2c(SCC(=O)NCc3ccc(-c4ccc(Cl)cc4)o3)nnc2n1. The van der Waals surface area contributed by atoms with Gasteiger partial charge in [0.1, 0.15) is 11.5 Å². The van der Waals surface area contributed by atoms with Crippen molar-refractivity contribution in [3.8, 4) is 11.3 Å². The molecule has 0 aliphatic heterocycles. The minimum absolute atomic E-state index is 0.117. The van der Waals surface area contributed by atoms with Crippen molar-refractivity contribution < 1.29 is 9.21 Å². The maximum absolute atomic E-state index is 12.2. The number of aryl methyl sites for hydroxylation is 2. The van der Waals surface area contributed by atoms with Crippen LogP contribution in [0.15, 0.2) is 52.0 Å². The summed E-state index contributed by atoms with van der Waals surface area (Å²) in [6, 6.07) is 13.1. The van der Waals surface area contributed by atoms with Crippen molar-refractivity contribution in [2.24, 2.45) is 0 Å². The summed E-state index contributed by atoms with van der Waals surface area (Å²) in [7, 11) is 0. The highest BCUT2D eigenvalue weighted by Crippen LogP contribution is 2.24. The maximum Gasteiger partial charge on any atom is 0.256 e. The van der Waals surface area contributed by atoms with Gasteiger partial charge in [0.25, 0.3) is 5.78 Å². The third-order valence-electron chi connectivity index (χ3n) is 4.25. The smallest absolute Gasteiger partial charge is 0.256 e. The summed E-state index contributed by atoms with van der Waals surface area (Å²) in [5.41, 5.74) is 2.79. The molecule has 4 rings (SSSR count). The normalized spacial score (nSPS) is 11.1. The fourth-order valence-electron chi connectivity index (χ4n) is 2.90. The Morgan fingerprint density at radius 2 is 1.97 bits per heavy atom. The monoisotopic (exact) mass is 427 g/mol. The molecule has 4 aromatic rings. The van der Waals surface area contributed by atoms with E-state index in [1.54, 1.807) is 0 Å². The van der Waals surface area contributed by atoms with Crippen molar-refractivity contribution in [3.63, 3.8) is 0 Å². The Balaban J connectivity index is 1.34. The van der Waals surface area contributed by atoms with Gasteiger partial charge in [0.2, 0.25) is 5.91 Å². The van der Waals surface area contributed by atoms with E-state index in [1.165, 1.54) is 11.8 Å². The van der Waals surface area contributed by atoms with E-state index < -0.39 is 0 Å². The number of rotatable bonds is 6. The van der Waals surface area contributed by atoms with Gasteiger partial charge < -0.3 is 9.73 Å². The molecule has 0 atom stereocenters. The van der Waals surface area contributed by atoms with Crippen molar-refractivity contribution >= 4 is 35.0 Å². The topological polar surface area (TPSA) is 85.3 Å². The molecule has 3 heterocycles. The number of fused-ring (bicyclic) bond motifs is 1. The van der Waals surface area contributed by atoms with Crippen LogP contribution in [0.5, 0.6) is 0 Å². The second-order valence-electron chi connectivity index (χ2n) is 6.50. The fourth-order valence-corrected chi connectivity index (χ4v) is 3.84. The van der Waals surface area contributed by atoms with E-state index in [1.807, 2.05) is 60.7 Å². The van der Waals surface area contributed by atoms with Crippen LogP contribution in [0.25, 0.3) is 17.1 Å². The van der Waals surface area contributed by atoms with Crippen LogP contribution < -0.4 is 5.32 Å². The molecule has 7 nitrogen and oxygen atoms in total. The van der Waals surface area contributed by atoms with E-state index in [4.69, 9.17) is 16.0 Å². The molecule has 29 heavy (non-hydrogen) atoms. The zero-order valence-electron chi connectivity index (χ0n) is 15.8. The number of thioether (sulfide) groups is 1. The Kier molecular flexibility index (Phi) is 5.55. The average Bonchev–Trinajstić information content (AvgIpc) is 3.32. The predicted octanol–water partition coefficient (Wildman–Crippen LogP) is 4.06. The molecular formula is C20H18ClN5O2S. The zero-order chi connectivity index (χ0) is 20.4. The summed E-state index contributed by atoms with van der Waals surface area (Å²) in [4.78, 5) is 16.6. The Bertz CT molecular complexity index is 1170. The first-order chi connectivity index (χ1) is 14.0. The third kappa shape index (κ3) is 4.44. The summed E-state index contributed by atoms with van der Waals surface area (Å²) >= 11 is 7.23. The molecule has 1 aromatic carbocycles. The number of amides is 1. The molecule has 9 heteroatoms. The molecule has 0 fully saturated rings. The summed E-state index contributed by atoms with van der Waals surface area (Å²) in [5.74, 6) is 2.05. The fraction of sp³-hybridized carbons (Fsp3) is 0.200. The molecule has 0 aliphatic rings. The van der Waals surface area contributed by atoms with E-state index in [2.05, 4.69) is 20.5 Å². The molecule has 0 spiro atoms. The van der Waals surface area contributed by atoms with Gasteiger partial charge in [-0.05, 0) is 56.3 Å². The number of furan rings is 1. The Labute approximate surface area is 176 Å². The van der Waals surface area contributed by atoms with Gasteiger partial charge in [-0.3, -0.25) is 9.20 Å². The largest absolute Gasteiger partial charge is 0.459 e. The van der Waals surface area contributed by atoms with Gasteiger partial charge in [0, 0.05) is 22.0 Å². The highest BCUT2D eigenvalue weighted by atomic mass is 35.5. The van der Waals surface area contributed by atoms with E-state index in [-0.39, 0.29) is 11.7 Å². The lowest BCUT2D eigenvalue weighted by Crippen LogP contribution is -2.24. The quantitative estimate of drug-likeness (QED) is 0.467. The van der Waals surface area contributed by atoms with Crippen LogP contribution in [0.4, 0.5) is 0 Å². The van der Waals surface area contributed by atoms with Gasteiger partial charge in [-0.2, -0.15) is 0 Å². The molecular weight excluding hydrogens is 410 g/mol. The number of nitrogens with one attached hydrogen (secondary N) is 1. The first-order valence-electron chi connectivity index (χ1n) is 8.93. The molecule has 0 aliphatic carbocycles. The lowest BCUT2D eigenvalue weighted by molar-refractivity contribution is -0.118. The summed E-state index contributed by atoms with van der Waals surface area (Å²) in [6.07, 6.45) is 0. The van der Waals surface area contributed by atoms with E-state index in [0.29, 0.717) is 28.3 Å². The first-order valence-corrected chi connectivity index (χ1v) is 10.3. The molecule has 1 N–H and O–H groups in total. The predicted molar refractivity (Wildman–Crippen MR) is 112 cm³/mol. The number of nitrogens with zero attached hydrogens (tertiary/aromatic N) is 4. The minimum atomic E-state index is -0.117. The Morgan fingerprint density at radius 1 is 1.17 bits per heavy atom.